The molecule has 2 aromatic heterocycles. The fraction of sp³-hybridized carbons (Fsp3) is 0. The maximum atomic E-state index is 4.61. The quantitative estimate of drug-likeness (QED) is 0.619. The second-order valence-electron chi connectivity index (χ2n) is 4.34. The number of benzene rings is 1. The number of hydrogen-bond acceptors (Lipinski definition) is 4. The molecule has 0 bridgehead atoms. The summed E-state index contributed by atoms with van der Waals surface area (Å²) >= 11 is 0. The lowest BCUT2D eigenvalue weighted by Gasteiger charge is -2.06. The number of pyridine rings is 1. The van der Waals surface area contributed by atoms with Gasteiger partial charge < -0.3 is 5.32 Å². The van der Waals surface area contributed by atoms with Gasteiger partial charge in [-0.25, -0.2) is 15.0 Å². The van der Waals surface area contributed by atoms with E-state index in [9.17, 15) is 0 Å². The summed E-state index contributed by atoms with van der Waals surface area (Å²) < 4.78 is 0. The van der Waals surface area contributed by atoms with E-state index < -0.39 is 0 Å². The van der Waals surface area contributed by atoms with Gasteiger partial charge in [0.2, 0.25) is 0 Å². The van der Waals surface area contributed by atoms with Crippen molar-refractivity contribution in [3.63, 3.8) is 0 Å². The number of anilines is 1. The van der Waals surface area contributed by atoms with Crippen LogP contribution in [0.4, 0.5) is 5.82 Å². The van der Waals surface area contributed by atoms with Gasteiger partial charge in [-0.3, -0.25) is 0 Å². The molecule has 1 N–H and O–H groups in total. The first-order valence-electron chi connectivity index (χ1n) is 6.07. The molecule has 0 saturated heterocycles. The maximum absolute atomic E-state index is 4.61. The number of allylic oxidation sites excluding steroid dienone is 2. The molecule has 0 atom stereocenters. The number of para-hydroxylation sites is 1. The summed E-state index contributed by atoms with van der Waals surface area (Å²) in [4.78, 5) is 13.7. The highest BCUT2D eigenvalue weighted by Gasteiger charge is 2.08. The third-order valence-corrected chi connectivity index (χ3v) is 3.07. The molecule has 0 radical (unpaired) electrons. The Morgan fingerprint density at radius 2 is 1.84 bits per heavy atom. The van der Waals surface area contributed by atoms with Crippen LogP contribution >= 0.6 is 0 Å². The van der Waals surface area contributed by atoms with Crippen molar-refractivity contribution in [3.05, 3.63) is 54.4 Å². The molecule has 0 amide bonds. The molecule has 90 valence electrons. The Labute approximate surface area is 109 Å². The number of aromatic nitrogens is 3. The molecule has 1 aromatic carbocycles. The van der Waals surface area contributed by atoms with Gasteiger partial charge in [0.25, 0.3) is 0 Å². The van der Waals surface area contributed by atoms with Crippen molar-refractivity contribution < 1.29 is 0 Å². The summed E-state index contributed by atoms with van der Waals surface area (Å²) in [5, 5.41) is 4.19. The van der Waals surface area contributed by atoms with Crippen LogP contribution in [0.2, 0.25) is 0 Å². The van der Waals surface area contributed by atoms with Crippen LogP contribution in [0.1, 0.15) is 5.69 Å². The van der Waals surface area contributed by atoms with E-state index in [-0.39, 0.29) is 0 Å². The number of nitrogens with one attached hydrogen (secondary N) is 1. The summed E-state index contributed by atoms with van der Waals surface area (Å²) in [7, 11) is 0. The van der Waals surface area contributed by atoms with Gasteiger partial charge in [0.1, 0.15) is 11.2 Å². The van der Waals surface area contributed by atoms with Crippen molar-refractivity contribution in [1.82, 2.24) is 15.0 Å². The zero-order chi connectivity index (χ0) is 12.7. The van der Waals surface area contributed by atoms with E-state index in [0.29, 0.717) is 5.65 Å². The summed E-state index contributed by atoms with van der Waals surface area (Å²) in [6.45, 7) is 0. The van der Waals surface area contributed by atoms with Crippen LogP contribution in [0.25, 0.3) is 28.1 Å². The first-order valence-corrected chi connectivity index (χ1v) is 6.07. The van der Waals surface area contributed by atoms with Crippen molar-refractivity contribution in [2.45, 2.75) is 0 Å². The minimum atomic E-state index is 0.661. The molecular formula is C15H10N4. The van der Waals surface area contributed by atoms with Crippen molar-refractivity contribution >= 4 is 34.0 Å². The zero-order valence-corrected chi connectivity index (χ0v) is 10.0. The Kier molecular flexibility index (Phi) is 2.08. The van der Waals surface area contributed by atoms with Crippen LogP contribution in [-0.4, -0.2) is 15.0 Å². The lowest BCUT2D eigenvalue weighted by molar-refractivity contribution is 1.22. The second kappa shape index (κ2) is 3.88. The summed E-state index contributed by atoms with van der Waals surface area (Å²) in [6, 6.07) is 10.0. The van der Waals surface area contributed by atoms with Crippen molar-refractivity contribution in [3.8, 4) is 0 Å². The maximum Gasteiger partial charge on any atom is 0.180 e. The molecule has 4 rings (SSSR count). The highest BCUT2D eigenvalue weighted by molar-refractivity contribution is 5.90. The number of rotatable bonds is 0. The lowest BCUT2D eigenvalue weighted by atomic mass is 10.2. The molecule has 0 fully saturated rings. The molecule has 0 saturated carbocycles. The standard InChI is InChI=1S/C15H10N4/c1-2-6-11-10(5-1)9-13-15(18-11)19-14-12(17-13)7-3-4-8-16-14/h1-9H,(H,16,18,19). The molecule has 19 heavy (non-hydrogen) atoms. The number of hydrogen-bond donors (Lipinski definition) is 1. The van der Waals surface area contributed by atoms with Crippen molar-refractivity contribution in [1.29, 1.82) is 0 Å². The van der Waals surface area contributed by atoms with Gasteiger partial charge in [-0.15, -0.1) is 0 Å². The van der Waals surface area contributed by atoms with Gasteiger partial charge in [0.15, 0.2) is 11.5 Å². The average Bonchev–Trinajstić information content (AvgIpc) is 2.67. The van der Waals surface area contributed by atoms with E-state index in [2.05, 4.69) is 20.3 Å². The summed E-state index contributed by atoms with van der Waals surface area (Å²) in [6.07, 6.45) is 7.63. The molecule has 4 heteroatoms. The normalized spacial score (nSPS) is 13.3. The number of fused-ring (bicyclic) bond motifs is 3. The zero-order valence-electron chi connectivity index (χ0n) is 10.0. The van der Waals surface area contributed by atoms with Crippen LogP contribution in [0.15, 0.2) is 48.7 Å². The minimum Gasteiger partial charge on any atom is -0.345 e. The van der Waals surface area contributed by atoms with Crippen LogP contribution in [0.5, 0.6) is 0 Å². The predicted molar refractivity (Wildman–Crippen MR) is 76.6 cm³/mol. The Morgan fingerprint density at radius 1 is 0.895 bits per heavy atom. The average molecular weight is 246 g/mol. The fourth-order valence-electron chi connectivity index (χ4n) is 2.16. The monoisotopic (exact) mass is 246 g/mol. The Balaban J connectivity index is 2.06. The predicted octanol–water partition coefficient (Wildman–Crippen LogP) is 3.13. The van der Waals surface area contributed by atoms with E-state index in [1.54, 1.807) is 0 Å². The van der Waals surface area contributed by atoms with Gasteiger partial charge in [-0.05, 0) is 24.3 Å². The Bertz CT molecular complexity index is 849. The van der Waals surface area contributed by atoms with Gasteiger partial charge in [0, 0.05) is 11.6 Å². The van der Waals surface area contributed by atoms with E-state index in [4.69, 9.17) is 0 Å². The third kappa shape index (κ3) is 1.65. The molecular weight excluding hydrogens is 236 g/mol. The number of nitrogens with zero attached hydrogens (tertiary/aromatic N) is 3. The second-order valence-corrected chi connectivity index (χ2v) is 4.34. The fourth-order valence-corrected chi connectivity index (χ4v) is 2.16. The van der Waals surface area contributed by atoms with Gasteiger partial charge >= 0.3 is 0 Å². The van der Waals surface area contributed by atoms with Crippen LogP contribution < -0.4 is 5.32 Å². The molecule has 1 aliphatic heterocycles. The van der Waals surface area contributed by atoms with Crippen LogP contribution in [0, 0.1) is 0 Å². The van der Waals surface area contributed by atoms with E-state index >= 15 is 0 Å². The van der Waals surface area contributed by atoms with Crippen LogP contribution in [0.3, 0.4) is 0 Å². The highest BCUT2D eigenvalue weighted by atomic mass is 15.0. The van der Waals surface area contributed by atoms with Crippen molar-refractivity contribution in [2.75, 3.05) is 5.32 Å². The molecule has 1 aliphatic rings. The van der Waals surface area contributed by atoms with E-state index in [0.717, 1.165) is 27.9 Å². The summed E-state index contributed by atoms with van der Waals surface area (Å²) in [5.74, 6) is 0.736. The van der Waals surface area contributed by atoms with E-state index in [1.807, 2.05) is 54.8 Å². The molecule has 0 spiro atoms. The first kappa shape index (κ1) is 10.2. The van der Waals surface area contributed by atoms with E-state index in [1.165, 1.54) is 0 Å². The summed E-state index contributed by atoms with van der Waals surface area (Å²) in [5.41, 5.74) is 3.23. The molecule has 0 unspecified atom stereocenters. The van der Waals surface area contributed by atoms with Gasteiger partial charge in [-0.1, -0.05) is 24.3 Å². The Morgan fingerprint density at radius 3 is 2.84 bits per heavy atom. The minimum absolute atomic E-state index is 0.661. The van der Waals surface area contributed by atoms with Gasteiger partial charge in [-0.2, -0.15) is 0 Å². The third-order valence-electron chi connectivity index (χ3n) is 3.07. The molecule has 3 aromatic rings. The Hall–Kier alpha value is -2.75. The first-order chi connectivity index (χ1) is 9.40. The smallest absolute Gasteiger partial charge is 0.180 e. The highest BCUT2D eigenvalue weighted by Crippen LogP contribution is 2.22. The van der Waals surface area contributed by atoms with Crippen LogP contribution in [-0.2, 0) is 0 Å². The van der Waals surface area contributed by atoms with Crippen molar-refractivity contribution in [2.24, 2.45) is 0 Å². The topological polar surface area (TPSA) is 50.7 Å². The largest absolute Gasteiger partial charge is 0.345 e. The molecule has 4 nitrogen and oxygen atoms in total. The molecule has 3 heterocycles. The molecule has 0 aliphatic carbocycles. The SMILES string of the molecule is C1=CNc2nc3nc4ccccc4cc3nc2C=C1. The lowest BCUT2D eigenvalue weighted by Crippen LogP contribution is -1.99. The van der Waals surface area contributed by atoms with Gasteiger partial charge in [0.05, 0.1) is 5.52 Å².